The minimum Gasteiger partial charge on any atom is -0.336 e. The summed E-state index contributed by atoms with van der Waals surface area (Å²) >= 11 is 0. The van der Waals surface area contributed by atoms with E-state index in [2.05, 4.69) is 10.3 Å². The van der Waals surface area contributed by atoms with Gasteiger partial charge < -0.3 is 10.2 Å². The minimum atomic E-state index is -0.794. The molecule has 2 aliphatic heterocycles. The molecule has 30 heavy (non-hydrogen) atoms. The van der Waals surface area contributed by atoms with E-state index in [-0.39, 0.29) is 24.3 Å². The van der Waals surface area contributed by atoms with Crippen molar-refractivity contribution in [3.63, 3.8) is 0 Å². The van der Waals surface area contributed by atoms with Crippen LogP contribution in [0, 0.1) is 0 Å². The Morgan fingerprint density at radius 1 is 1.10 bits per heavy atom. The lowest BCUT2D eigenvalue weighted by Crippen LogP contribution is -2.43. The standard InChI is InChI=1S/C23H26N4O3/c28-21(26-13-5-4-10-20(26)18-9-6-12-24-16-18)15-19-22(29)27(23(30)25-19)14-11-17-7-2-1-3-8-17/h1-3,6-9,12,16,19-20H,4-5,10-11,13-15H2,(H,25,30)/t19-,20-/m0/s1. The van der Waals surface area contributed by atoms with Gasteiger partial charge in [-0.1, -0.05) is 36.4 Å². The molecular weight excluding hydrogens is 380 g/mol. The Hall–Kier alpha value is -3.22. The third-order valence-corrected chi connectivity index (χ3v) is 5.84. The van der Waals surface area contributed by atoms with Gasteiger partial charge in [0.15, 0.2) is 0 Å². The number of piperidine rings is 1. The topological polar surface area (TPSA) is 82.6 Å². The first-order chi connectivity index (χ1) is 14.6. The molecule has 0 bridgehead atoms. The molecule has 2 aliphatic rings. The molecule has 4 rings (SSSR count). The highest BCUT2D eigenvalue weighted by atomic mass is 16.2. The van der Waals surface area contributed by atoms with E-state index >= 15 is 0 Å². The summed E-state index contributed by atoms with van der Waals surface area (Å²) in [5, 5.41) is 2.69. The molecule has 0 radical (unpaired) electrons. The lowest BCUT2D eigenvalue weighted by molar-refractivity contribution is -0.138. The highest BCUT2D eigenvalue weighted by Gasteiger charge is 2.40. The van der Waals surface area contributed by atoms with Gasteiger partial charge >= 0.3 is 6.03 Å². The smallest absolute Gasteiger partial charge is 0.324 e. The van der Waals surface area contributed by atoms with Crippen LogP contribution in [0.1, 0.15) is 42.9 Å². The van der Waals surface area contributed by atoms with Crippen LogP contribution < -0.4 is 5.32 Å². The lowest BCUT2D eigenvalue weighted by atomic mass is 9.95. The number of aromatic nitrogens is 1. The fraction of sp³-hybridized carbons (Fsp3) is 0.391. The van der Waals surface area contributed by atoms with Gasteiger partial charge in [0.25, 0.3) is 5.91 Å². The molecule has 1 N–H and O–H groups in total. The molecule has 1 aromatic carbocycles. The van der Waals surface area contributed by atoms with E-state index in [0.717, 1.165) is 30.4 Å². The maximum Gasteiger partial charge on any atom is 0.324 e. The molecule has 0 saturated carbocycles. The summed E-state index contributed by atoms with van der Waals surface area (Å²) in [6, 6.07) is 12.3. The highest BCUT2D eigenvalue weighted by Crippen LogP contribution is 2.31. The summed E-state index contributed by atoms with van der Waals surface area (Å²) < 4.78 is 0. The number of rotatable bonds is 6. The van der Waals surface area contributed by atoms with Crippen LogP contribution in [0.2, 0.25) is 0 Å². The van der Waals surface area contributed by atoms with E-state index in [1.807, 2.05) is 47.4 Å². The maximum atomic E-state index is 13.1. The quantitative estimate of drug-likeness (QED) is 0.748. The first-order valence-corrected chi connectivity index (χ1v) is 10.5. The van der Waals surface area contributed by atoms with Crippen LogP contribution in [0.15, 0.2) is 54.9 Å². The van der Waals surface area contributed by atoms with E-state index in [1.54, 1.807) is 12.4 Å². The molecule has 2 atom stereocenters. The summed E-state index contributed by atoms with van der Waals surface area (Å²) in [4.78, 5) is 45.4. The number of hydrogen-bond donors (Lipinski definition) is 1. The van der Waals surface area contributed by atoms with Crippen molar-refractivity contribution in [2.75, 3.05) is 13.1 Å². The molecule has 156 valence electrons. The number of likely N-dealkylation sites (tertiary alicyclic amines) is 1. The van der Waals surface area contributed by atoms with Gasteiger partial charge in [0.05, 0.1) is 12.5 Å². The van der Waals surface area contributed by atoms with Gasteiger partial charge in [0, 0.05) is 25.5 Å². The minimum absolute atomic E-state index is 0.0107. The number of amides is 4. The Bertz CT molecular complexity index is 903. The van der Waals surface area contributed by atoms with Gasteiger partial charge in [-0.3, -0.25) is 19.5 Å². The van der Waals surface area contributed by atoms with Crippen LogP contribution in [0.3, 0.4) is 0 Å². The average molecular weight is 406 g/mol. The summed E-state index contributed by atoms with van der Waals surface area (Å²) in [7, 11) is 0. The van der Waals surface area contributed by atoms with Gasteiger partial charge in [-0.05, 0) is 42.9 Å². The van der Waals surface area contributed by atoms with Gasteiger partial charge in [0.1, 0.15) is 6.04 Å². The number of carbonyl (C=O) groups is 3. The van der Waals surface area contributed by atoms with Crippen molar-refractivity contribution < 1.29 is 14.4 Å². The zero-order valence-electron chi connectivity index (χ0n) is 16.9. The van der Waals surface area contributed by atoms with Crippen molar-refractivity contribution in [2.45, 2.75) is 44.2 Å². The predicted octanol–water partition coefficient (Wildman–Crippen LogP) is 2.69. The Morgan fingerprint density at radius 2 is 1.93 bits per heavy atom. The lowest BCUT2D eigenvalue weighted by Gasteiger charge is -2.36. The molecule has 2 aromatic rings. The van der Waals surface area contributed by atoms with Crippen molar-refractivity contribution in [1.29, 1.82) is 0 Å². The SMILES string of the molecule is O=C1N[C@@H](CC(=O)N2CCCC[C@H]2c2cccnc2)C(=O)N1CCc1ccccc1. The van der Waals surface area contributed by atoms with E-state index in [1.165, 1.54) is 4.90 Å². The number of carbonyl (C=O) groups excluding carboxylic acids is 3. The Kier molecular flexibility index (Phi) is 6.07. The number of pyridine rings is 1. The molecule has 3 heterocycles. The fourth-order valence-corrected chi connectivity index (χ4v) is 4.25. The predicted molar refractivity (Wildman–Crippen MR) is 111 cm³/mol. The maximum absolute atomic E-state index is 13.1. The molecule has 7 heteroatoms. The van der Waals surface area contributed by atoms with E-state index < -0.39 is 12.1 Å². The molecule has 0 spiro atoms. The van der Waals surface area contributed by atoms with Crippen molar-refractivity contribution in [3.8, 4) is 0 Å². The molecule has 4 amide bonds. The number of imide groups is 1. The average Bonchev–Trinajstić information content (AvgIpc) is 3.05. The van der Waals surface area contributed by atoms with Gasteiger partial charge in [-0.25, -0.2) is 4.79 Å². The second-order valence-electron chi connectivity index (χ2n) is 7.82. The van der Waals surface area contributed by atoms with Gasteiger partial charge in [0.2, 0.25) is 5.91 Å². The van der Waals surface area contributed by atoms with Crippen molar-refractivity contribution in [1.82, 2.24) is 20.1 Å². The fourth-order valence-electron chi connectivity index (χ4n) is 4.25. The van der Waals surface area contributed by atoms with Crippen LogP contribution in [0.25, 0.3) is 0 Å². The summed E-state index contributed by atoms with van der Waals surface area (Å²) in [5.74, 6) is -0.425. The van der Waals surface area contributed by atoms with Gasteiger partial charge in [-0.15, -0.1) is 0 Å². The third kappa shape index (κ3) is 4.35. The zero-order valence-corrected chi connectivity index (χ0v) is 16.9. The van der Waals surface area contributed by atoms with E-state index in [4.69, 9.17) is 0 Å². The summed E-state index contributed by atoms with van der Waals surface area (Å²) in [6.07, 6.45) is 6.97. The van der Waals surface area contributed by atoms with Crippen LogP contribution in [0.4, 0.5) is 4.79 Å². The van der Waals surface area contributed by atoms with Crippen LogP contribution in [0.5, 0.6) is 0 Å². The second kappa shape index (κ2) is 9.07. The Balaban J connectivity index is 1.39. The number of urea groups is 1. The first kappa shape index (κ1) is 20.1. The Labute approximate surface area is 176 Å². The molecule has 2 fully saturated rings. The number of nitrogens with one attached hydrogen (secondary N) is 1. The third-order valence-electron chi connectivity index (χ3n) is 5.84. The summed E-state index contributed by atoms with van der Waals surface area (Å²) in [6.45, 7) is 0.965. The zero-order chi connectivity index (χ0) is 20.9. The molecule has 1 aromatic heterocycles. The molecule has 0 unspecified atom stereocenters. The largest absolute Gasteiger partial charge is 0.336 e. The molecule has 7 nitrogen and oxygen atoms in total. The van der Waals surface area contributed by atoms with Crippen LogP contribution in [-0.4, -0.2) is 51.8 Å². The van der Waals surface area contributed by atoms with Crippen LogP contribution in [-0.2, 0) is 16.0 Å². The normalized spacial score (nSPS) is 21.6. The van der Waals surface area contributed by atoms with Crippen LogP contribution >= 0.6 is 0 Å². The van der Waals surface area contributed by atoms with E-state index in [9.17, 15) is 14.4 Å². The van der Waals surface area contributed by atoms with Gasteiger partial charge in [-0.2, -0.15) is 0 Å². The molecule has 2 saturated heterocycles. The number of hydrogen-bond acceptors (Lipinski definition) is 4. The molecule has 0 aliphatic carbocycles. The molecular formula is C23H26N4O3. The first-order valence-electron chi connectivity index (χ1n) is 10.5. The van der Waals surface area contributed by atoms with Crippen molar-refractivity contribution >= 4 is 17.8 Å². The summed E-state index contributed by atoms with van der Waals surface area (Å²) in [5.41, 5.74) is 2.07. The number of nitrogens with zero attached hydrogens (tertiary/aromatic N) is 3. The van der Waals surface area contributed by atoms with E-state index in [0.29, 0.717) is 19.5 Å². The highest BCUT2D eigenvalue weighted by molar-refractivity contribution is 6.05. The Morgan fingerprint density at radius 3 is 2.70 bits per heavy atom. The van der Waals surface area contributed by atoms with Crippen molar-refractivity contribution in [3.05, 3.63) is 66.0 Å². The monoisotopic (exact) mass is 406 g/mol. The number of benzene rings is 1. The van der Waals surface area contributed by atoms with Crippen molar-refractivity contribution in [2.24, 2.45) is 0 Å². The second-order valence-corrected chi connectivity index (χ2v) is 7.82.